The predicted molar refractivity (Wildman–Crippen MR) is 576 cm³/mol. The van der Waals surface area contributed by atoms with Crippen LogP contribution in [0.1, 0.15) is 105 Å². The first-order valence-electron chi connectivity index (χ1n) is 48.6. The first-order valence-corrected chi connectivity index (χ1v) is 48.6. The Balaban J connectivity index is 0.0000000996. The number of furan rings is 5. The maximum Gasteiger partial charge on any atom is 0.227 e. The van der Waals surface area contributed by atoms with Crippen LogP contribution in [-0.4, -0.2) is 104 Å². The summed E-state index contributed by atoms with van der Waals surface area (Å²) in [4.78, 5) is 73.9. The van der Waals surface area contributed by atoms with Gasteiger partial charge < -0.3 is 56.4 Å². The number of aromatic nitrogens is 11. The molecule has 0 amide bonds. The fourth-order valence-electron chi connectivity index (χ4n) is 21.3. The molecule has 0 N–H and O–H groups in total. The highest BCUT2D eigenvalue weighted by atomic mass is 16.4. The Morgan fingerprint density at radius 2 is 0.510 bits per heavy atom. The van der Waals surface area contributed by atoms with Gasteiger partial charge in [-0.25, -0.2) is 54.8 Å². The van der Waals surface area contributed by atoms with E-state index in [1.54, 1.807) is 24.8 Å². The first kappa shape index (κ1) is 89.6. The molecule has 710 valence electrons. The summed E-state index contributed by atoms with van der Waals surface area (Å²) in [5, 5.41) is 10.6. The second kappa shape index (κ2) is 35.5. The molecule has 0 spiro atoms. The van der Waals surface area contributed by atoms with Crippen molar-refractivity contribution in [2.24, 2.45) is 0 Å². The maximum atomic E-state index is 6.37. The van der Waals surface area contributed by atoms with Crippen molar-refractivity contribution < 1.29 is 22.1 Å². The minimum absolute atomic E-state index is 0.0273. The molecule has 5 aliphatic heterocycles. The molecule has 0 fully saturated rings. The third-order valence-corrected chi connectivity index (χ3v) is 28.2. The van der Waals surface area contributed by atoms with Crippen molar-refractivity contribution in [1.29, 1.82) is 0 Å². The molecule has 5 aliphatic rings. The molecule has 27 rings (SSSR count). The average Bonchev–Trinajstić information content (AvgIpc) is 1.58. The van der Waals surface area contributed by atoms with Crippen LogP contribution in [0.2, 0.25) is 0 Å². The molecule has 8 aromatic carbocycles. The van der Waals surface area contributed by atoms with Crippen LogP contribution < -0.4 is 44.1 Å². The molecular weight excluding hydrogens is 1780 g/mol. The van der Waals surface area contributed by atoms with Crippen LogP contribution in [0, 0.1) is 69.2 Å². The summed E-state index contributed by atoms with van der Waals surface area (Å²) in [7, 11) is 2.08. The Morgan fingerprint density at radius 1 is 0.238 bits per heavy atom. The van der Waals surface area contributed by atoms with Gasteiger partial charge in [0.2, 0.25) is 28.6 Å². The lowest BCUT2D eigenvalue weighted by Gasteiger charge is -2.32. The zero-order chi connectivity index (χ0) is 98.3. The van der Waals surface area contributed by atoms with Gasteiger partial charge in [-0.1, -0.05) is 115 Å². The zero-order valence-corrected chi connectivity index (χ0v) is 83.0. The zero-order valence-electron chi connectivity index (χ0n) is 83.0. The molecule has 26 heteroatoms. The third-order valence-electron chi connectivity index (χ3n) is 28.2. The molecule has 14 aromatic heterocycles. The van der Waals surface area contributed by atoms with Gasteiger partial charge in [-0.15, -0.1) is 0 Å². The minimum atomic E-state index is -0.0352. The molecule has 5 atom stereocenters. The number of hydrogen-bond acceptors (Lipinski definition) is 26. The van der Waals surface area contributed by atoms with E-state index in [4.69, 9.17) is 37.0 Å². The fraction of sp³-hybridized carbons (Fsp3) is 0.205. The van der Waals surface area contributed by atoms with Gasteiger partial charge in [0, 0.05) is 162 Å². The summed E-state index contributed by atoms with van der Waals surface area (Å²) in [6.07, 6.45) is 15.3. The SMILES string of the molecule is Cc1ccc2c(n1)oc1c(N3C=CN(C)C3C)c(C)ccc12.Cc1ccc2c(n1)oc1c(N3c4cccnc4N(c4ccccc4)C3C)c(C)ccc12.Cc1ccc2c(n1)oc1c(N3c4ncccc4N(c4ccccc4)C3C)c(C)ccc12.Cc1ccc2c(n1)oc1c(N3c4nccnc4N(C(C)C)C3C)c(C)ccc12.Cc1ccc2c(n1)oc1c(N3c4nccnc4N(c4ccccc4)C3C)c(C)ccc12. The second-order valence-electron chi connectivity index (χ2n) is 37.8. The van der Waals surface area contributed by atoms with Crippen LogP contribution in [-0.2, 0) is 0 Å². The van der Waals surface area contributed by atoms with Gasteiger partial charge in [-0.3, -0.25) is 14.7 Å². The molecule has 0 saturated heterocycles. The predicted octanol–water partition coefficient (Wildman–Crippen LogP) is 28.5. The van der Waals surface area contributed by atoms with Gasteiger partial charge >= 0.3 is 0 Å². The van der Waals surface area contributed by atoms with E-state index < -0.39 is 0 Å². The second-order valence-corrected chi connectivity index (χ2v) is 37.8. The molecule has 22 aromatic rings. The number of benzene rings is 8. The van der Waals surface area contributed by atoms with E-state index in [2.05, 4.69) is 355 Å². The van der Waals surface area contributed by atoms with E-state index in [0.717, 1.165) is 224 Å². The topological polar surface area (TPSA) is 240 Å². The smallest absolute Gasteiger partial charge is 0.227 e. The Kier molecular flexibility index (Phi) is 22.3. The molecule has 26 nitrogen and oxygen atoms in total. The van der Waals surface area contributed by atoms with Crippen molar-refractivity contribution in [3.63, 3.8) is 0 Å². The van der Waals surface area contributed by atoms with Crippen LogP contribution in [0.5, 0.6) is 0 Å². The number of nitrogens with zero attached hydrogens (tertiary/aromatic N) is 21. The van der Waals surface area contributed by atoms with E-state index in [1.165, 1.54) is 5.56 Å². The number of hydrogen-bond donors (Lipinski definition) is 0. The van der Waals surface area contributed by atoms with E-state index in [1.807, 2.05) is 120 Å². The standard InChI is InChI=1S/2C26H22N4O.C25H21N5O.C22H23N5O.C18H19N3O/c1-16-11-13-20-21-14-12-17(2)28-26(21)31-24(20)23(16)30-18(3)29(19-8-5-4-6-9-19)25-22(30)10-7-15-27-25;1-16-11-13-20-21-14-12-17(2)28-26(21)31-24(20)23(16)30-18(3)29(19-8-5-4-6-9-19)22-10-7-15-27-25(22)30;1-15-9-11-19-20-12-10-16(2)28-25(20)31-22(19)21(15)30-17(3)29(18-7-5-4-6-8-18)23-24(30)27-14-13-26-23;1-12(2)26-15(5)27(21-20(26)23-10-11-24-21)18-13(3)6-8-16-17-9-7-14(4)25-22(17)28-19(16)18;1-11-5-7-14-15-8-6-12(2)19-18(15)22-17(14)16(11)21-10-9-20(4)13(21)3/h2*4-15,18H,1-3H3;4-14,17H,1-3H3;6-12,15H,1-5H3;5-10,13H,1-4H3. The van der Waals surface area contributed by atoms with E-state index in [9.17, 15) is 0 Å². The molecule has 5 unspecified atom stereocenters. The molecule has 0 bridgehead atoms. The number of aryl methyl sites for hydroxylation is 10. The molecule has 0 radical (unpaired) electrons. The summed E-state index contributed by atoms with van der Waals surface area (Å²) >= 11 is 0. The van der Waals surface area contributed by atoms with E-state index in [-0.39, 0.29) is 30.8 Å². The highest BCUT2D eigenvalue weighted by molar-refractivity contribution is 6.15. The summed E-state index contributed by atoms with van der Waals surface area (Å²) in [6, 6.07) is 81.7. The Hall–Kier alpha value is -17.3. The fourth-order valence-corrected chi connectivity index (χ4v) is 21.3. The lowest BCUT2D eigenvalue weighted by molar-refractivity contribution is 0.383. The Labute approximate surface area is 827 Å². The lowest BCUT2D eigenvalue weighted by atomic mass is 10.1. The minimum Gasteiger partial charge on any atom is -0.435 e. The Bertz CT molecular complexity index is 8250. The summed E-state index contributed by atoms with van der Waals surface area (Å²) in [6.45, 7) is 35.8. The number of anilines is 16. The Morgan fingerprint density at radius 3 is 0.874 bits per heavy atom. The van der Waals surface area contributed by atoms with Gasteiger partial charge in [0.15, 0.2) is 62.8 Å². The van der Waals surface area contributed by atoms with Crippen molar-refractivity contribution in [1.82, 2.24) is 59.7 Å². The molecule has 0 saturated carbocycles. The first-order chi connectivity index (χ1) is 69.4. The summed E-state index contributed by atoms with van der Waals surface area (Å²) in [5.74, 6) is 5.30. The van der Waals surface area contributed by atoms with Crippen LogP contribution in [0.3, 0.4) is 0 Å². The van der Waals surface area contributed by atoms with Crippen molar-refractivity contribution in [3.05, 3.63) is 342 Å². The van der Waals surface area contributed by atoms with Gasteiger partial charge in [0.1, 0.15) is 30.8 Å². The largest absolute Gasteiger partial charge is 0.435 e. The van der Waals surface area contributed by atoms with Crippen molar-refractivity contribution in [2.45, 2.75) is 155 Å². The van der Waals surface area contributed by atoms with Crippen LogP contribution in [0.4, 0.5) is 91.8 Å². The molecule has 0 aliphatic carbocycles. The highest BCUT2D eigenvalue weighted by Gasteiger charge is 2.45. The van der Waals surface area contributed by atoms with Gasteiger partial charge in [0.05, 0.1) is 39.8 Å². The van der Waals surface area contributed by atoms with Crippen LogP contribution in [0.25, 0.3) is 110 Å². The summed E-state index contributed by atoms with van der Waals surface area (Å²) in [5.41, 5.74) is 29.0. The van der Waals surface area contributed by atoms with Crippen LogP contribution >= 0.6 is 0 Å². The molecular formula is C117H107N21O5. The van der Waals surface area contributed by atoms with Gasteiger partial charge in [0.25, 0.3) is 0 Å². The normalized spacial score (nSPS) is 16.3. The van der Waals surface area contributed by atoms with Crippen LogP contribution in [0.15, 0.2) is 308 Å². The lowest BCUT2D eigenvalue weighted by Crippen LogP contribution is -2.42. The maximum absolute atomic E-state index is 6.37. The van der Waals surface area contributed by atoms with Crippen molar-refractivity contribution in [2.75, 3.05) is 51.1 Å². The number of rotatable bonds is 9. The highest BCUT2D eigenvalue weighted by Crippen LogP contribution is 2.56. The monoisotopic (exact) mass is 1890 g/mol. The van der Waals surface area contributed by atoms with Gasteiger partial charge in [-0.05, 0) is 267 Å². The average molecular weight is 1890 g/mol. The third kappa shape index (κ3) is 15.0. The number of fused-ring (bicyclic) bond motifs is 19. The number of pyridine rings is 7. The van der Waals surface area contributed by atoms with E-state index >= 15 is 0 Å². The van der Waals surface area contributed by atoms with E-state index in [0.29, 0.717) is 34.6 Å². The molecule has 143 heavy (non-hydrogen) atoms. The van der Waals surface area contributed by atoms with Gasteiger partial charge in [-0.2, -0.15) is 0 Å². The van der Waals surface area contributed by atoms with Crippen molar-refractivity contribution >= 4 is 202 Å². The quantitative estimate of drug-likeness (QED) is 0.130. The van der Waals surface area contributed by atoms with Crippen molar-refractivity contribution in [3.8, 4) is 0 Å². The molecule has 19 heterocycles. The number of para-hydroxylation sites is 3. The summed E-state index contributed by atoms with van der Waals surface area (Å²) < 4.78 is 31.5.